The molecule has 1 aliphatic heterocycles. The number of aryl methyl sites for hydroxylation is 1. The van der Waals surface area contributed by atoms with Gasteiger partial charge >= 0.3 is 5.69 Å². The van der Waals surface area contributed by atoms with Gasteiger partial charge in [-0.25, -0.2) is 8.77 Å². The zero-order valence-corrected chi connectivity index (χ0v) is 14.6. The van der Waals surface area contributed by atoms with Crippen molar-refractivity contribution in [1.82, 2.24) is 8.54 Å². The van der Waals surface area contributed by atoms with Crippen molar-refractivity contribution in [2.75, 3.05) is 18.2 Å². The fourth-order valence-electron chi connectivity index (χ4n) is 2.98. The predicted molar refractivity (Wildman–Crippen MR) is 97.9 cm³/mol. The molecule has 3 rings (SSSR count). The Bertz CT molecular complexity index is 764. The number of nitrogens with zero attached hydrogens (tertiary/aromatic N) is 3. The number of hydrogen-bond acceptors (Lipinski definition) is 2. The van der Waals surface area contributed by atoms with E-state index in [9.17, 15) is 4.79 Å². The average Bonchev–Trinajstić information content (AvgIpc) is 3.11. The quantitative estimate of drug-likeness (QED) is 0.659. The van der Waals surface area contributed by atoms with Gasteiger partial charge in [0.05, 0.1) is 16.1 Å². The van der Waals surface area contributed by atoms with Crippen LogP contribution >= 0.6 is 22.7 Å². The Balaban J connectivity index is 2.17. The summed E-state index contributed by atoms with van der Waals surface area (Å²) in [5.74, 6) is 1.86. The van der Waals surface area contributed by atoms with E-state index < -0.39 is 11.1 Å². The van der Waals surface area contributed by atoms with Crippen molar-refractivity contribution in [3.8, 4) is 0 Å². The summed E-state index contributed by atoms with van der Waals surface area (Å²) in [6.45, 7) is 5.78. The van der Waals surface area contributed by atoms with Crippen LogP contribution < -0.4 is 5.69 Å². The molecule has 0 aliphatic carbocycles. The number of alkyl halides is 1. The lowest BCUT2D eigenvalue weighted by molar-refractivity contribution is 0.745. The fourth-order valence-corrected chi connectivity index (χ4v) is 5.77. The molecule has 0 amide bonds. The summed E-state index contributed by atoms with van der Waals surface area (Å²) >= 11 is 5.22. The normalized spacial score (nSPS) is 21.2. The third-order valence-corrected chi connectivity index (χ3v) is 7.04. The minimum Gasteiger partial charge on any atom is -0.290 e. The van der Waals surface area contributed by atoms with Crippen LogP contribution in [0.2, 0.25) is 0 Å². The summed E-state index contributed by atoms with van der Waals surface area (Å²) in [4.78, 5) is 17.7. The Hall–Kier alpha value is -1.20. The molecule has 2 heterocycles. The van der Waals surface area contributed by atoms with Crippen molar-refractivity contribution in [2.24, 2.45) is 10.9 Å². The van der Waals surface area contributed by atoms with E-state index in [1.54, 1.807) is 4.57 Å². The largest absolute Gasteiger partial charge is 0.338 e. The number of aromatic nitrogens is 2. The van der Waals surface area contributed by atoms with Crippen molar-refractivity contribution in [2.45, 2.75) is 26.8 Å². The van der Waals surface area contributed by atoms with E-state index in [1.165, 1.54) is 5.04 Å². The Morgan fingerprint density at radius 3 is 2.77 bits per heavy atom. The molecule has 1 aromatic carbocycles. The lowest BCUT2D eigenvalue weighted by atomic mass is 10.1. The first-order chi connectivity index (χ1) is 10.7. The Morgan fingerprint density at radius 1 is 1.36 bits per heavy atom. The van der Waals surface area contributed by atoms with Crippen LogP contribution in [-0.2, 0) is 6.54 Å². The maximum atomic E-state index is 13.0. The van der Waals surface area contributed by atoms with Gasteiger partial charge in [-0.1, -0.05) is 26.0 Å². The molecule has 2 unspecified atom stereocenters. The Labute approximate surface area is 138 Å². The van der Waals surface area contributed by atoms with Crippen molar-refractivity contribution in [3.05, 3.63) is 34.7 Å². The second-order valence-corrected chi connectivity index (χ2v) is 8.08. The summed E-state index contributed by atoms with van der Waals surface area (Å²) in [5.41, 5.74) is 2.05. The van der Waals surface area contributed by atoms with Crippen molar-refractivity contribution >= 4 is 38.8 Å². The van der Waals surface area contributed by atoms with Crippen LogP contribution in [0.3, 0.4) is 0 Å². The summed E-state index contributed by atoms with van der Waals surface area (Å²) in [6, 6.07) is 8.01. The number of hydrogen-bond donors (Lipinski definition) is 1. The first-order valence-electron chi connectivity index (χ1n) is 7.77. The van der Waals surface area contributed by atoms with Crippen LogP contribution in [0, 0.1) is 5.92 Å². The number of aliphatic imine (C=N–C) groups is 1. The molecule has 0 saturated heterocycles. The average molecular weight is 340 g/mol. The molecular formula is C16H22ClN3OS. The molecule has 4 nitrogen and oxygen atoms in total. The molecule has 1 aromatic heterocycles. The van der Waals surface area contributed by atoms with E-state index in [-0.39, 0.29) is 5.69 Å². The van der Waals surface area contributed by atoms with E-state index in [2.05, 4.69) is 13.8 Å². The first-order valence-corrected chi connectivity index (χ1v) is 9.78. The molecule has 1 aliphatic rings. The third-order valence-electron chi connectivity index (χ3n) is 4.27. The van der Waals surface area contributed by atoms with Gasteiger partial charge in [-0.2, -0.15) is 0 Å². The van der Waals surface area contributed by atoms with E-state index in [4.69, 9.17) is 16.6 Å². The molecule has 0 N–H and O–H groups in total. The maximum absolute atomic E-state index is 13.0. The molecular weight excluding hydrogens is 318 g/mol. The fraction of sp³-hybridized carbons (Fsp3) is 0.500. The summed E-state index contributed by atoms with van der Waals surface area (Å²) in [6.07, 6.45) is 1.06. The molecule has 0 bridgehead atoms. The van der Waals surface area contributed by atoms with Gasteiger partial charge in [-0.05, 0) is 18.6 Å². The highest BCUT2D eigenvalue weighted by Crippen LogP contribution is 2.39. The van der Waals surface area contributed by atoms with Gasteiger partial charge in [0.2, 0.25) is 0 Å². The van der Waals surface area contributed by atoms with Crippen LogP contribution in [0.4, 0.5) is 0 Å². The maximum Gasteiger partial charge on any atom is 0.338 e. The molecule has 120 valence electrons. The van der Waals surface area contributed by atoms with Gasteiger partial charge in [-0.15, -0.1) is 22.7 Å². The lowest BCUT2D eigenvalue weighted by Gasteiger charge is -2.23. The SMILES string of the molecule is CCC(C)C1=NCC[SH]1n1c(=O)n(CCCl)c2ccccc21. The van der Waals surface area contributed by atoms with Crippen molar-refractivity contribution in [1.29, 1.82) is 0 Å². The number of halogens is 1. The molecule has 22 heavy (non-hydrogen) atoms. The Kier molecular flexibility index (Phi) is 4.64. The summed E-state index contributed by atoms with van der Waals surface area (Å²) < 4.78 is 3.80. The molecule has 6 heteroatoms. The lowest BCUT2D eigenvalue weighted by Crippen LogP contribution is -2.27. The van der Waals surface area contributed by atoms with Crippen molar-refractivity contribution < 1.29 is 0 Å². The van der Waals surface area contributed by atoms with Gasteiger partial charge < -0.3 is 0 Å². The predicted octanol–water partition coefficient (Wildman–Crippen LogP) is 3.26. The molecule has 0 saturated carbocycles. The zero-order chi connectivity index (χ0) is 15.7. The van der Waals surface area contributed by atoms with Crippen LogP contribution in [-0.4, -0.2) is 31.8 Å². The number of imidazole rings is 1. The van der Waals surface area contributed by atoms with Crippen LogP contribution in [0.15, 0.2) is 34.1 Å². The van der Waals surface area contributed by atoms with E-state index in [0.29, 0.717) is 18.3 Å². The monoisotopic (exact) mass is 339 g/mol. The van der Waals surface area contributed by atoms with Crippen LogP contribution in [0.25, 0.3) is 11.0 Å². The number of para-hydroxylation sites is 2. The van der Waals surface area contributed by atoms with Gasteiger partial charge in [0, 0.05) is 30.6 Å². The molecule has 2 atom stereocenters. The van der Waals surface area contributed by atoms with Gasteiger partial charge in [0.25, 0.3) is 0 Å². The minimum atomic E-state index is -0.669. The highest BCUT2D eigenvalue weighted by atomic mass is 35.5. The van der Waals surface area contributed by atoms with E-state index >= 15 is 0 Å². The third kappa shape index (κ3) is 2.50. The molecule has 0 fully saturated rings. The topological polar surface area (TPSA) is 39.3 Å². The molecule has 0 spiro atoms. The number of fused-ring (bicyclic) bond motifs is 1. The van der Waals surface area contributed by atoms with Crippen LogP contribution in [0.1, 0.15) is 20.3 Å². The van der Waals surface area contributed by atoms with E-state index in [1.807, 2.05) is 28.2 Å². The zero-order valence-electron chi connectivity index (χ0n) is 13.0. The first kappa shape index (κ1) is 15.7. The molecule has 0 radical (unpaired) electrons. The second-order valence-electron chi connectivity index (χ2n) is 5.60. The van der Waals surface area contributed by atoms with E-state index in [0.717, 1.165) is 29.8 Å². The summed E-state index contributed by atoms with van der Waals surface area (Å²) in [5, 5.41) is 1.23. The van der Waals surface area contributed by atoms with Gasteiger partial charge in [0.1, 0.15) is 0 Å². The number of benzene rings is 1. The smallest absolute Gasteiger partial charge is 0.290 e. The number of rotatable bonds is 5. The highest BCUT2D eigenvalue weighted by molar-refractivity contribution is 8.29. The second kappa shape index (κ2) is 6.50. The highest BCUT2D eigenvalue weighted by Gasteiger charge is 2.27. The molecule has 2 aromatic rings. The van der Waals surface area contributed by atoms with Gasteiger partial charge in [0.15, 0.2) is 0 Å². The van der Waals surface area contributed by atoms with Crippen LogP contribution in [0.5, 0.6) is 0 Å². The minimum absolute atomic E-state index is 0.0610. The Morgan fingerprint density at radius 2 is 2.09 bits per heavy atom. The van der Waals surface area contributed by atoms with Gasteiger partial charge in [-0.3, -0.25) is 9.56 Å². The standard InChI is InChI=1S/C16H22ClN3OS/c1-3-12(2)15-18-9-11-22(15)20-14-7-5-4-6-13(14)19(10-8-17)16(20)21/h4-7,12,22H,3,8-11H2,1-2H3. The summed E-state index contributed by atoms with van der Waals surface area (Å²) in [7, 11) is 0. The number of thiol groups is 1. The van der Waals surface area contributed by atoms with Crippen molar-refractivity contribution in [3.63, 3.8) is 0 Å².